The fraction of sp³-hybridized carbons (Fsp3) is 0.333. The molecule has 2 aromatic heterocycles. The van der Waals surface area contributed by atoms with Gasteiger partial charge in [-0.3, -0.25) is 9.48 Å². The molecule has 1 aromatic carbocycles. The molecule has 0 saturated heterocycles. The molecule has 1 aliphatic rings. The molecule has 0 amide bonds. The van der Waals surface area contributed by atoms with Crippen molar-refractivity contribution in [3.63, 3.8) is 0 Å². The third kappa shape index (κ3) is 4.08. The van der Waals surface area contributed by atoms with Crippen LogP contribution in [0, 0.1) is 0 Å². The summed E-state index contributed by atoms with van der Waals surface area (Å²) in [5.41, 5.74) is 3.85. The number of aromatic nitrogens is 3. The van der Waals surface area contributed by atoms with E-state index in [1.807, 2.05) is 31.4 Å². The lowest BCUT2D eigenvalue weighted by Gasteiger charge is -2.30. The van der Waals surface area contributed by atoms with Gasteiger partial charge in [-0.15, -0.1) is 0 Å². The Balaban J connectivity index is 1.43. The topological polar surface area (TPSA) is 62.7 Å². The van der Waals surface area contributed by atoms with Crippen LogP contribution in [0.2, 0.25) is 5.02 Å². The summed E-state index contributed by atoms with van der Waals surface area (Å²) >= 11 is 5.99. The number of hydrogen-bond donors (Lipinski definition) is 2. The van der Waals surface area contributed by atoms with Crippen molar-refractivity contribution in [2.24, 2.45) is 7.05 Å². The van der Waals surface area contributed by atoms with Gasteiger partial charge in [0.05, 0.1) is 6.20 Å². The van der Waals surface area contributed by atoms with E-state index in [1.165, 1.54) is 5.56 Å². The van der Waals surface area contributed by atoms with Crippen molar-refractivity contribution in [2.45, 2.75) is 37.6 Å². The van der Waals surface area contributed by atoms with E-state index >= 15 is 0 Å². The summed E-state index contributed by atoms with van der Waals surface area (Å²) in [7, 11) is 1.88. The molecule has 1 fully saturated rings. The number of aryl methyl sites for hydroxylation is 1. The minimum Gasteiger partial charge on any atom is -0.378 e. The van der Waals surface area contributed by atoms with Crippen LogP contribution in [-0.2, 0) is 7.05 Å². The van der Waals surface area contributed by atoms with Gasteiger partial charge in [0, 0.05) is 41.6 Å². The molecular weight excluding hydrogens is 360 g/mol. The lowest BCUT2D eigenvalue weighted by atomic mass is 9.82. The Bertz CT molecular complexity index is 968. The first kappa shape index (κ1) is 17.9. The van der Waals surface area contributed by atoms with E-state index in [0.717, 1.165) is 41.8 Å². The summed E-state index contributed by atoms with van der Waals surface area (Å²) in [5.74, 6) is 0.570. The molecule has 0 bridgehead atoms. The van der Waals surface area contributed by atoms with Crippen LogP contribution < -0.4 is 10.9 Å². The molecule has 0 aliphatic heterocycles. The summed E-state index contributed by atoms with van der Waals surface area (Å²) in [4.78, 5) is 15.1. The largest absolute Gasteiger partial charge is 0.378 e. The van der Waals surface area contributed by atoms with Crippen molar-refractivity contribution in [2.75, 3.05) is 5.32 Å². The predicted molar refractivity (Wildman–Crippen MR) is 109 cm³/mol. The average molecular weight is 383 g/mol. The Morgan fingerprint density at radius 2 is 1.89 bits per heavy atom. The van der Waals surface area contributed by atoms with E-state index in [1.54, 1.807) is 17.1 Å². The molecule has 0 spiro atoms. The zero-order valence-corrected chi connectivity index (χ0v) is 16.0. The number of pyridine rings is 1. The third-order valence-electron chi connectivity index (χ3n) is 5.37. The second-order valence-electron chi connectivity index (χ2n) is 7.28. The van der Waals surface area contributed by atoms with E-state index in [2.05, 4.69) is 27.5 Å². The van der Waals surface area contributed by atoms with Crippen molar-refractivity contribution in [3.8, 4) is 11.1 Å². The molecule has 1 aliphatic carbocycles. The van der Waals surface area contributed by atoms with Crippen LogP contribution in [0.15, 0.2) is 53.7 Å². The molecule has 27 heavy (non-hydrogen) atoms. The smallest absolute Gasteiger partial charge is 0.271 e. The Hall–Kier alpha value is -2.53. The molecule has 5 nitrogen and oxygen atoms in total. The molecule has 140 valence electrons. The highest BCUT2D eigenvalue weighted by Crippen LogP contribution is 2.34. The van der Waals surface area contributed by atoms with Gasteiger partial charge < -0.3 is 10.3 Å². The van der Waals surface area contributed by atoms with Gasteiger partial charge in [0.2, 0.25) is 0 Å². The van der Waals surface area contributed by atoms with Gasteiger partial charge in [0.15, 0.2) is 0 Å². The van der Waals surface area contributed by atoms with Crippen molar-refractivity contribution >= 4 is 17.3 Å². The number of anilines is 1. The van der Waals surface area contributed by atoms with Crippen molar-refractivity contribution < 1.29 is 0 Å². The highest BCUT2D eigenvalue weighted by atomic mass is 35.5. The Morgan fingerprint density at radius 3 is 2.56 bits per heavy atom. The predicted octanol–water partition coefficient (Wildman–Crippen LogP) is 4.57. The zero-order valence-electron chi connectivity index (χ0n) is 15.3. The molecule has 2 N–H and O–H groups in total. The number of benzene rings is 1. The number of H-pyrrole nitrogens is 1. The summed E-state index contributed by atoms with van der Waals surface area (Å²) in [6.45, 7) is 0. The molecular formula is C21H23ClN4O. The first-order chi connectivity index (χ1) is 13.1. The Kier molecular flexibility index (Phi) is 5.03. The normalized spacial score (nSPS) is 19.8. The number of rotatable bonds is 4. The molecule has 6 heteroatoms. The highest BCUT2D eigenvalue weighted by molar-refractivity contribution is 6.30. The van der Waals surface area contributed by atoms with Gasteiger partial charge in [-0.1, -0.05) is 23.7 Å². The van der Waals surface area contributed by atoms with Crippen molar-refractivity contribution in [1.29, 1.82) is 0 Å². The van der Waals surface area contributed by atoms with Crippen LogP contribution >= 0.6 is 11.6 Å². The number of nitrogens with zero attached hydrogens (tertiary/aromatic N) is 2. The van der Waals surface area contributed by atoms with Crippen molar-refractivity contribution in [3.05, 3.63) is 69.9 Å². The average Bonchev–Trinajstić information content (AvgIpc) is 3.11. The molecule has 2 heterocycles. The number of hydrogen-bond acceptors (Lipinski definition) is 3. The minimum atomic E-state index is -0.0811. The van der Waals surface area contributed by atoms with E-state index in [-0.39, 0.29) is 5.56 Å². The Morgan fingerprint density at radius 1 is 1.15 bits per heavy atom. The van der Waals surface area contributed by atoms with Gasteiger partial charge in [0.25, 0.3) is 5.56 Å². The lowest BCUT2D eigenvalue weighted by Crippen LogP contribution is -2.28. The summed E-state index contributed by atoms with van der Waals surface area (Å²) in [5, 5.41) is 8.43. The fourth-order valence-electron chi connectivity index (χ4n) is 3.85. The fourth-order valence-corrected chi connectivity index (χ4v) is 3.98. The van der Waals surface area contributed by atoms with E-state index < -0.39 is 0 Å². The third-order valence-corrected chi connectivity index (χ3v) is 5.62. The second-order valence-corrected chi connectivity index (χ2v) is 7.71. The summed E-state index contributed by atoms with van der Waals surface area (Å²) < 4.78 is 1.76. The molecule has 0 atom stereocenters. The highest BCUT2D eigenvalue weighted by Gasteiger charge is 2.23. The van der Waals surface area contributed by atoms with E-state index in [4.69, 9.17) is 11.6 Å². The summed E-state index contributed by atoms with van der Waals surface area (Å²) in [6.07, 6.45) is 9.79. The van der Waals surface area contributed by atoms with Crippen molar-refractivity contribution in [1.82, 2.24) is 14.8 Å². The maximum absolute atomic E-state index is 12.2. The second kappa shape index (κ2) is 7.61. The van der Waals surface area contributed by atoms with Gasteiger partial charge in [0.1, 0.15) is 5.69 Å². The summed E-state index contributed by atoms with van der Waals surface area (Å²) in [6, 6.07) is 10.4. The molecule has 0 unspecified atom stereocenters. The van der Waals surface area contributed by atoms with Crippen LogP contribution in [0.25, 0.3) is 11.1 Å². The number of halogens is 1. The van der Waals surface area contributed by atoms with Crippen LogP contribution in [-0.4, -0.2) is 20.8 Å². The minimum absolute atomic E-state index is 0.0811. The SMILES string of the molecule is Cn1cc(-c2c[nH]c(=O)c(NC3CCC(c4ccc(Cl)cc4)CC3)c2)cn1. The maximum Gasteiger partial charge on any atom is 0.271 e. The van der Waals surface area contributed by atoms with Crippen LogP contribution in [0.3, 0.4) is 0 Å². The van der Waals surface area contributed by atoms with Crippen LogP contribution in [0.4, 0.5) is 5.69 Å². The van der Waals surface area contributed by atoms with E-state index in [0.29, 0.717) is 17.6 Å². The molecule has 1 saturated carbocycles. The zero-order chi connectivity index (χ0) is 18.8. The van der Waals surface area contributed by atoms with Gasteiger partial charge in [-0.2, -0.15) is 5.10 Å². The standard InChI is InChI=1S/C21H23ClN4O/c1-26-13-17(12-24-26)16-10-20(21(27)23-11-16)25-19-8-4-15(5-9-19)14-2-6-18(22)7-3-14/h2-3,6-7,10-13,15,19,25H,4-5,8-9H2,1H3,(H,23,27). The van der Waals surface area contributed by atoms with Crippen LogP contribution in [0.1, 0.15) is 37.2 Å². The maximum atomic E-state index is 12.2. The molecule has 4 rings (SSSR count). The lowest BCUT2D eigenvalue weighted by molar-refractivity contribution is 0.412. The van der Waals surface area contributed by atoms with E-state index in [9.17, 15) is 4.79 Å². The van der Waals surface area contributed by atoms with Gasteiger partial charge in [-0.05, 0) is 55.4 Å². The van der Waals surface area contributed by atoms with Gasteiger partial charge >= 0.3 is 0 Å². The Labute approximate surface area is 163 Å². The monoisotopic (exact) mass is 382 g/mol. The molecule has 3 aromatic rings. The quantitative estimate of drug-likeness (QED) is 0.694. The number of nitrogens with one attached hydrogen (secondary N) is 2. The molecule has 0 radical (unpaired) electrons. The van der Waals surface area contributed by atoms with Crippen LogP contribution in [0.5, 0.6) is 0 Å². The number of aromatic amines is 1. The van der Waals surface area contributed by atoms with Gasteiger partial charge in [-0.25, -0.2) is 0 Å². The first-order valence-corrected chi connectivity index (χ1v) is 9.70. The first-order valence-electron chi connectivity index (χ1n) is 9.32.